The van der Waals surface area contributed by atoms with Gasteiger partial charge < -0.3 is 0 Å². The van der Waals surface area contributed by atoms with Crippen molar-refractivity contribution < 1.29 is 0 Å². The monoisotopic (exact) mass is 154 g/mol. The first kappa shape index (κ1) is 7.93. The molecule has 1 aliphatic rings. The van der Waals surface area contributed by atoms with Gasteiger partial charge in [0.15, 0.2) is 0 Å². The van der Waals surface area contributed by atoms with E-state index in [1.807, 2.05) is 11.8 Å². The van der Waals surface area contributed by atoms with Gasteiger partial charge in [0, 0.05) is 0 Å². The molecule has 0 heterocycles. The van der Waals surface area contributed by atoms with Crippen molar-refractivity contribution in [1.82, 2.24) is 0 Å². The van der Waals surface area contributed by atoms with E-state index >= 15 is 0 Å². The first-order chi connectivity index (χ1) is 4.74. The van der Waals surface area contributed by atoms with Crippen LogP contribution in [0, 0.1) is 5.92 Å². The lowest BCUT2D eigenvalue weighted by Gasteiger charge is -2.02. The van der Waals surface area contributed by atoms with E-state index in [1.54, 1.807) is 0 Å². The van der Waals surface area contributed by atoms with E-state index in [2.05, 4.69) is 26.5 Å². The topological polar surface area (TPSA) is 0 Å². The lowest BCUT2D eigenvalue weighted by Crippen LogP contribution is -1.77. The van der Waals surface area contributed by atoms with Gasteiger partial charge in [0.2, 0.25) is 0 Å². The van der Waals surface area contributed by atoms with Crippen molar-refractivity contribution in [2.24, 2.45) is 5.92 Å². The number of hydrogen-bond donors (Lipinski definition) is 0. The van der Waals surface area contributed by atoms with Crippen molar-refractivity contribution >= 4 is 11.8 Å². The van der Waals surface area contributed by atoms with Crippen LogP contribution in [0.1, 0.15) is 26.7 Å². The largest absolute Gasteiger partial charge is 0.1000 e. The van der Waals surface area contributed by atoms with E-state index in [9.17, 15) is 0 Å². The van der Waals surface area contributed by atoms with Crippen molar-refractivity contribution in [2.75, 3.05) is 0 Å². The molecule has 0 aromatic carbocycles. The molecule has 1 rings (SSSR count). The Hall–Kier alpha value is -0.170. The molecule has 10 heavy (non-hydrogen) atoms. The van der Waals surface area contributed by atoms with Crippen LogP contribution >= 0.6 is 11.8 Å². The Labute approximate surface area is 67.4 Å². The average Bonchev–Trinajstić information content (AvgIpc) is 2.63. The third-order valence-corrected chi connectivity index (χ3v) is 2.71. The smallest absolute Gasteiger partial charge is 0.0101 e. The van der Waals surface area contributed by atoms with Crippen molar-refractivity contribution in [3.05, 3.63) is 22.5 Å². The fraction of sp³-hybridized carbons (Fsp3) is 0.556. The molecular weight excluding hydrogens is 140 g/mol. The summed E-state index contributed by atoms with van der Waals surface area (Å²) in [5, 5.41) is 0. The van der Waals surface area contributed by atoms with Crippen LogP contribution in [0.2, 0.25) is 0 Å². The Morgan fingerprint density at radius 2 is 2.20 bits per heavy atom. The van der Waals surface area contributed by atoms with Crippen LogP contribution in [0.25, 0.3) is 0 Å². The molecule has 0 N–H and O–H groups in total. The summed E-state index contributed by atoms with van der Waals surface area (Å²) in [6.45, 7) is 8.06. The zero-order valence-corrected chi connectivity index (χ0v) is 7.50. The molecule has 1 aliphatic carbocycles. The summed E-state index contributed by atoms with van der Waals surface area (Å²) >= 11 is 1.84. The van der Waals surface area contributed by atoms with Gasteiger partial charge in [0.25, 0.3) is 0 Å². The third kappa shape index (κ3) is 2.22. The first-order valence-electron chi connectivity index (χ1n) is 3.73. The maximum absolute atomic E-state index is 3.88. The Kier molecular flexibility index (Phi) is 2.61. The SMILES string of the molecule is C=C(C)SC(=CC)C1CC1. The predicted molar refractivity (Wildman–Crippen MR) is 48.9 cm³/mol. The molecule has 0 aliphatic heterocycles. The highest BCUT2D eigenvalue weighted by Gasteiger charge is 2.25. The summed E-state index contributed by atoms with van der Waals surface area (Å²) in [4.78, 5) is 2.73. The minimum Gasteiger partial charge on any atom is -0.1000 e. The molecule has 0 saturated heterocycles. The molecule has 0 aromatic heterocycles. The van der Waals surface area contributed by atoms with Gasteiger partial charge in [0.05, 0.1) is 0 Å². The van der Waals surface area contributed by atoms with Gasteiger partial charge in [-0.25, -0.2) is 0 Å². The number of hydrogen-bond acceptors (Lipinski definition) is 1. The number of thioether (sulfide) groups is 1. The van der Waals surface area contributed by atoms with Crippen LogP contribution in [0.3, 0.4) is 0 Å². The van der Waals surface area contributed by atoms with Crippen molar-refractivity contribution in [3.8, 4) is 0 Å². The quantitative estimate of drug-likeness (QED) is 0.599. The molecule has 1 fully saturated rings. The van der Waals surface area contributed by atoms with E-state index in [-0.39, 0.29) is 0 Å². The molecule has 0 radical (unpaired) electrons. The number of allylic oxidation sites excluding steroid dienone is 3. The molecule has 0 atom stereocenters. The minimum absolute atomic E-state index is 0.881. The van der Waals surface area contributed by atoms with E-state index in [0.29, 0.717) is 0 Å². The average molecular weight is 154 g/mol. The molecule has 0 amide bonds. The van der Waals surface area contributed by atoms with Gasteiger partial charge >= 0.3 is 0 Å². The first-order valence-corrected chi connectivity index (χ1v) is 4.55. The molecule has 1 saturated carbocycles. The van der Waals surface area contributed by atoms with Gasteiger partial charge in [-0.15, -0.1) is 0 Å². The lowest BCUT2D eigenvalue weighted by atomic mass is 10.4. The van der Waals surface area contributed by atoms with E-state index in [1.165, 1.54) is 22.7 Å². The summed E-state index contributed by atoms with van der Waals surface area (Å²) in [5.74, 6) is 0.881. The molecule has 0 bridgehead atoms. The van der Waals surface area contributed by atoms with Crippen LogP contribution in [0.5, 0.6) is 0 Å². The summed E-state index contributed by atoms with van der Waals surface area (Å²) < 4.78 is 0. The number of rotatable bonds is 3. The van der Waals surface area contributed by atoms with Gasteiger partial charge in [-0.05, 0) is 42.4 Å². The molecule has 1 heteroatoms. The van der Waals surface area contributed by atoms with E-state index < -0.39 is 0 Å². The summed E-state index contributed by atoms with van der Waals surface area (Å²) in [6, 6.07) is 0. The second-order valence-electron chi connectivity index (χ2n) is 2.77. The maximum atomic E-state index is 3.88. The molecule has 0 aromatic rings. The van der Waals surface area contributed by atoms with Crippen LogP contribution in [-0.2, 0) is 0 Å². The van der Waals surface area contributed by atoms with Crippen LogP contribution in [-0.4, -0.2) is 0 Å². The van der Waals surface area contributed by atoms with E-state index in [4.69, 9.17) is 0 Å². The van der Waals surface area contributed by atoms with Crippen LogP contribution < -0.4 is 0 Å². The molecular formula is C9H14S. The Morgan fingerprint density at radius 3 is 2.50 bits per heavy atom. The zero-order valence-electron chi connectivity index (χ0n) is 6.68. The predicted octanol–water partition coefficient (Wildman–Crippen LogP) is 3.57. The zero-order chi connectivity index (χ0) is 7.56. The normalized spacial score (nSPS) is 19.2. The van der Waals surface area contributed by atoms with Crippen molar-refractivity contribution in [1.29, 1.82) is 0 Å². The fourth-order valence-corrected chi connectivity index (χ4v) is 1.87. The van der Waals surface area contributed by atoms with Gasteiger partial charge in [-0.3, -0.25) is 0 Å². The van der Waals surface area contributed by atoms with Gasteiger partial charge in [-0.1, -0.05) is 24.4 Å². The summed E-state index contributed by atoms with van der Waals surface area (Å²) in [6.07, 6.45) is 5.00. The van der Waals surface area contributed by atoms with Crippen molar-refractivity contribution in [3.63, 3.8) is 0 Å². The minimum atomic E-state index is 0.881. The Bertz CT molecular complexity index is 164. The second-order valence-corrected chi connectivity index (χ2v) is 4.14. The standard InChI is InChI=1S/C9H14S/c1-4-9(8-5-6-8)10-7(2)3/h4,8H,2,5-6H2,1,3H3. The highest BCUT2D eigenvalue weighted by atomic mass is 32.2. The van der Waals surface area contributed by atoms with Gasteiger partial charge in [0.1, 0.15) is 0 Å². The third-order valence-electron chi connectivity index (χ3n) is 1.56. The fourth-order valence-electron chi connectivity index (χ4n) is 0.947. The van der Waals surface area contributed by atoms with Crippen molar-refractivity contribution in [2.45, 2.75) is 26.7 Å². The Morgan fingerprint density at radius 1 is 1.60 bits per heavy atom. The highest BCUT2D eigenvalue weighted by molar-refractivity contribution is 8.06. The second kappa shape index (κ2) is 3.29. The molecule has 0 spiro atoms. The summed E-state index contributed by atoms with van der Waals surface area (Å²) in [7, 11) is 0. The van der Waals surface area contributed by atoms with Crippen LogP contribution in [0.4, 0.5) is 0 Å². The van der Waals surface area contributed by atoms with E-state index in [0.717, 1.165) is 5.92 Å². The Balaban J connectivity index is 2.41. The summed E-state index contributed by atoms with van der Waals surface area (Å²) in [5.41, 5.74) is 0. The maximum Gasteiger partial charge on any atom is -0.0101 e. The highest BCUT2D eigenvalue weighted by Crippen LogP contribution is 2.43. The molecule has 56 valence electrons. The molecule has 0 nitrogen and oxygen atoms in total. The van der Waals surface area contributed by atoms with Crippen LogP contribution in [0.15, 0.2) is 22.5 Å². The lowest BCUT2D eigenvalue weighted by molar-refractivity contribution is 1.09. The molecule has 0 unspecified atom stereocenters. The van der Waals surface area contributed by atoms with Gasteiger partial charge in [-0.2, -0.15) is 0 Å².